The van der Waals surface area contributed by atoms with Crippen molar-refractivity contribution in [1.82, 2.24) is 21.5 Å². The van der Waals surface area contributed by atoms with Crippen molar-refractivity contribution in [3.8, 4) is 11.1 Å². The Morgan fingerprint density at radius 3 is 2.00 bits per heavy atom. The minimum atomic E-state index is -1.03. The Bertz CT molecular complexity index is 1430. The van der Waals surface area contributed by atoms with Crippen molar-refractivity contribution in [1.29, 1.82) is 0 Å². The van der Waals surface area contributed by atoms with Gasteiger partial charge in [0.2, 0.25) is 0 Å². The molecule has 0 spiro atoms. The van der Waals surface area contributed by atoms with Crippen LogP contribution in [0.3, 0.4) is 0 Å². The largest absolute Gasteiger partial charge is 0.449 e. The molecule has 4 amide bonds. The van der Waals surface area contributed by atoms with Crippen molar-refractivity contribution in [2.24, 2.45) is 0 Å². The number of amides is 4. The van der Waals surface area contributed by atoms with Crippen LogP contribution in [0.5, 0.6) is 0 Å². The van der Waals surface area contributed by atoms with E-state index in [1.165, 1.54) is 0 Å². The molecule has 0 radical (unpaired) electrons. The van der Waals surface area contributed by atoms with Crippen LogP contribution < -0.4 is 21.5 Å². The first kappa shape index (κ1) is 32.8. The number of fused-ring (bicyclic) bond motifs is 3. The van der Waals surface area contributed by atoms with Crippen molar-refractivity contribution in [2.45, 2.75) is 64.2 Å². The molecule has 1 aliphatic rings. The summed E-state index contributed by atoms with van der Waals surface area (Å²) in [5, 5.41) is 5.29. The summed E-state index contributed by atoms with van der Waals surface area (Å²) in [5.74, 6) is -0.796. The molecule has 45 heavy (non-hydrogen) atoms. The molecule has 0 saturated carbocycles. The lowest BCUT2D eigenvalue weighted by Gasteiger charge is -2.20. The monoisotopic (exact) mass is 616 g/mol. The second-order valence-corrected chi connectivity index (χ2v) is 11.6. The molecule has 0 heterocycles. The third-order valence-electron chi connectivity index (χ3n) is 7.04. The van der Waals surface area contributed by atoms with Gasteiger partial charge in [0, 0.05) is 12.5 Å². The van der Waals surface area contributed by atoms with Gasteiger partial charge < -0.3 is 24.8 Å². The second kappa shape index (κ2) is 15.6. The molecule has 0 fully saturated rings. The number of hydrogen-bond donors (Lipinski definition) is 4. The number of hydrogen-bond acceptors (Lipinski definition) is 7. The fourth-order valence-electron chi connectivity index (χ4n) is 4.99. The molecule has 238 valence electrons. The van der Waals surface area contributed by atoms with Gasteiger partial charge in [0.1, 0.15) is 24.9 Å². The standard InChI is InChI=1S/C34H40N4O7/c1-34(2,3)45-31(40)35-20-12-11-19-29(30(39)37-38-33(42)43-21-23-13-5-4-6-14-23)36-32(41)44-22-28-26-17-9-7-15-24(26)25-16-8-10-18-27(25)28/h4-10,13-18,28-29H,11-12,19-22H2,1-3H3,(H,35,40)(H,36,41)(H,37,39)(H,38,42)/t29-/m0/s1. The summed E-state index contributed by atoms with van der Waals surface area (Å²) >= 11 is 0. The Morgan fingerprint density at radius 1 is 0.733 bits per heavy atom. The van der Waals surface area contributed by atoms with Gasteiger partial charge in [0.25, 0.3) is 5.91 Å². The number of nitrogens with one attached hydrogen (secondary N) is 4. The Balaban J connectivity index is 1.31. The fourth-order valence-corrected chi connectivity index (χ4v) is 4.99. The third-order valence-corrected chi connectivity index (χ3v) is 7.04. The number of rotatable bonds is 11. The van der Waals surface area contributed by atoms with Crippen molar-refractivity contribution < 1.29 is 33.4 Å². The van der Waals surface area contributed by atoms with E-state index < -0.39 is 35.8 Å². The first-order valence-corrected chi connectivity index (χ1v) is 15.0. The molecule has 4 N–H and O–H groups in total. The van der Waals surface area contributed by atoms with E-state index in [2.05, 4.69) is 21.5 Å². The quantitative estimate of drug-likeness (QED) is 0.126. The average molecular weight is 617 g/mol. The van der Waals surface area contributed by atoms with Crippen LogP contribution in [0.25, 0.3) is 11.1 Å². The summed E-state index contributed by atoms with van der Waals surface area (Å²) in [7, 11) is 0. The summed E-state index contributed by atoms with van der Waals surface area (Å²) in [4.78, 5) is 50.1. The van der Waals surface area contributed by atoms with E-state index in [1.54, 1.807) is 32.9 Å². The number of carbonyl (C=O) groups is 4. The molecular weight excluding hydrogens is 576 g/mol. The fraction of sp³-hybridized carbons (Fsp3) is 0.353. The van der Waals surface area contributed by atoms with Crippen molar-refractivity contribution in [2.75, 3.05) is 13.2 Å². The molecular formula is C34H40N4O7. The van der Waals surface area contributed by atoms with E-state index >= 15 is 0 Å². The topological polar surface area (TPSA) is 144 Å². The summed E-state index contributed by atoms with van der Waals surface area (Å²) < 4.78 is 16.0. The van der Waals surface area contributed by atoms with Gasteiger partial charge >= 0.3 is 18.3 Å². The Labute approximate surface area is 263 Å². The van der Waals surface area contributed by atoms with Crippen molar-refractivity contribution >= 4 is 24.2 Å². The molecule has 0 aliphatic heterocycles. The lowest BCUT2D eigenvalue weighted by atomic mass is 9.98. The van der Waals surface area contributed by atoms with E-state index in [1.807, 2.05) is 66.7 Å². The smallest absolute Gasteiger partial charge is 0.426 e. The molecule has 3 aromatic rings. The first-order chi connectivity index (χ1) is 21.6. The lowest BCUT2D eigenvalue weighted by molar-refractivity contribution is -0.124. The molecule has 3 aromatic carbocycles. The summed E-state index contributed by atoms with van der Waals surface area (Å²) in [6.45, 7) is 5.74. The predicted molar refractivity (Wildman–Crippen MR) is 168 cm³/mol. The molecule has 11 nitrogen and oxygen atoms in total. The van der Waals surface area contributed by atoms with Crippen LogP contribution in [0, 0.1) is 0 Å². The minimum absolute atomic E-state index is 0.0224. The van der Waals surface area contributed by atoms with Crippen molar-refractivity contribution in [3.05, 3.63) is 95.6 Å². The molecule has 0 saturated heterocycles. The highest BCUT2D eigenvalue weighted by molar-refractivity contribution is 5.87. The lowest BCUT2D eigenvalue weighted by Crippen LogP contribution is -2.52. The summed E-state index contributed by atoms with van der Waals surface area (Å²) in [6, 6.07) is 24.1. The van der Waals surface area contributed by atoms with Gasteiger partial charge in [-0.1, -0.05) is 78.9 Å². The Kier molecular flexibility index (Phi) is 11.4. The maximum atomic E-state index is 13.0. The van der Waals surface area contributed by atoms with Gasteiger partial charge in [0.05, 0.1) is 0 Å². The van der Waals surface area contributed by atoms with E-state index in [-0.39, 0.29) is 25.6 Å². The van der Waals surface area contributed by atoms with Crippen LogP contribution in [0.15, 0.2) is 78.9 Å². The Morgan fingerprint density at radius 2 is 1.36 bits per heavy atom. The first-order valence-electron chi connectivity index (χ1n) is 15.0. The van der Waals surface area contributed by atoms with Gasteiger partial charge in [-0.3, -0.25) is 10.2 Å². The SMILES string of the molecule is CC(C)(C)OC(=O)NCCCC[C@H](NC(=O)OCC1c2ccccc2-c2ccccc21)C(=O)NNC(=O)OCc1ccccc1. The zero-order valence-electron chi connectivity index (χ0n) is 25.8. The third kappa shape index (κ3) is 9.99. The number of ether oxygens (including phenoxy) is 3. The maximum absolute atomic E-state index is 13.0. The second-order valence-electron chi connectivity index (χ2n) is 11.6. The molecule has 11 heteroatoms. The summed E-state index contributed by atoms with van der Waals surface area (Å²) in [5.41, 5.74) is 9.03. The average Bonchev–Trinajstić information content (AvgIpc) is 3.34. The minimum Gasteiger partial charge on any atom is -0.449 e. The highest BCUT2D eigenvalue weighted by Gasteiger charge is 2.30. The van der Waals surface area contributed by atoms with Crippen LogP contribution in [-0.4, -0.2) is 49.0 Å². The molecule has 0 bridgehead atoms. The summed E-state index contributed by atoms with van der Waals surface area (Å²) in [6.07, 6.45) is -0.957. The number of alkyl carbamates (subject to hydrolysis) is 2. The van der Waals surface area contributed by atoms with Crippen LogP contribution >= 0.6 is 0 Å². The predicted octanol–water partition coefficient (Wildman–Crippen LogP) is 5.55. The van der Waals surface area contributed by atoms with Crippen LogP contribution in [0.2, 0.25) is 0 Å². The van der Waals surface area contributed by atoms with Crippen LogP contribution in [0.4, 0.5) is 14.4 Å². The maximum Gasteiger partial charge on any atom is 0.426 e. The van der Waals surface area contributed by atoms with Gasteiger partial charge in [0.15, 0.2) is 0 Å². The molecule has 0 unspecified atom stereocenters. The van der Waals surface area contributed by atoms with Gasteiger partial charge in [-0.25, -0.2) is 19.8 Å². The number of unbranched alkanes of at least 4 members (excludes halogenated alkanes) is 1. The van der Waals surface area contributed by atoms with Gasteiger partial charge in [-0.05, 0) is 67.9 Å². The van der Waals surface area contributed by atoms with Crippen molar-refractivity contribution in [3.63, 3.8) is 0 Å². The molecule has 1 atom stereocenters. The molecule has 4 rings (SSSR count). The molecule has 0 aromatic heterocycles. The van der Waals surface area contributed by atoms with E-state index in [0.717, 1.165) is 27.8 Å². The van der Waals surface area contributed by atoms with Crippen LogP contribution in [-0.2, 0) is 25.6 Å². The van der Waals surface area contributed by atoms with E-state index in [0.29, 0.717) is 19.4 Å². The van der Waals surface area contributed by atoms with Crippen LogP contribution in [0.1, 0.15) is 62.6 Å². The zero-order valence-corrected chi connectivity index (χ0v) is 25.8. The van der Waals surface area contributed by atoms with Gasteiger partial charge in [-0.2, -0.15) is 0 Å². The number of carbonyl (C=O) groups excluding carboxylic acids is 4. The Hall–Kier alpha value is -5.06. The van der Waals surface area contributed by atoms with E-state index in [4.69, 9.17) is 14.2 Å². The number of benzene rings is 3. The van der Waals surface area contributed by atoms with Gasteiger partial charge in [-0.15, -0.1) is 0 Å². The number of hydrazine groups is 1. The highest BCUT2D eigenvalue weighted by atomic mass is 16.6. The highest BCUT2D eigenvalue weighted by Crippen LogP contribution is 2.44. The van der Waals surface area contributed by atoms with E-state index in [9.17, 15) is 19.2 Å². The zero-order chi connectivity index (χ0) is 32.2. The molecule has 1 aliphatic carbocycles. The normalized spacial score (nSPS) is 12.6.